The molecule has 0 radical (unpaired) electrons. The lowest BCUT2D eigenvalue weighted by Crippen LogP contribution is -2.58. The number of carbonyl (C=O) groups excluding carboxylic acids is 2. The molecule has 0 amide bonds. The van der Waals surface area contributed by atoms with E-state index in [2.05, 4.69) is 13.8 Å². The van der Waals surface area contributed by atoms with E-state index in [1.54, 1.807) is 0 Å². The Morgan fingerprint density at radius 1 is 1.05 bits per heavy atom. The summed E-state index contributed by atoms with van der Waals surface area (Å²) < 4.78 is 0. The molecule has 22 heavy (non-hydrogen) atoms. The third-order valence-corrected chi connectivity index (χ3v) is 8.21. The van der Waals surface area contributed by atoms with E-state index in [1.807, 2.05) is 0 Å². The summed E-state index contributed by atoms with van der Waals surface area (Å²) in [7, 11) is 0. The number of rotatable bonds is 0. The fourth-order valence-corrected chi connectivity index (χ4v) is 6.79. The monoisotopic (exact) mass is 304 g/mol. The van der Waals surface area contributed by atoms with Crippen molar-refractivity contribution in [2.45, 2.75) is 71.3 Å². The average molecular weight is 304 g/mol. The third kappa shape index (κ3) is 1.78. The highest BCUT2D eigenvalue weighted by atomic mass is 16.3. The SMILES string of the molecule is C[C@@]12CCC(=O)C[C@@H]1C[C@H](O)[C@H]1[C@H]2CC[C@@]2(C)C(=O)CC[C@H]12. The summed E-state index contributed by atoms with van der Waals surface area (Å²) in [6.07, 6.45) is 6.53. The molecular formula is C19H28O3. The van der Waals surface area contributed by atoms with Gasteiger partial charge < -0.3 is 5.11 Å². The van der Waals surface area contributed by atoms with Crippen LogP contribution >= 0.6 is 0 Å². The average Bonchev–Trinajstić information content (AvgIpc) is 2.77. The number of hydrogen-bond donors (Lipinski definition) is 1. The number of fused-ring (bicyclic) bond motifs is 5. The largest absolute Gasteiger partial charge is 0.393 e. The van der Waals surface area contributed by atoms with Crippen LogP contribution < -0.4 is 0 Å². The minimum atomic E-state index is -0.315. The molecule has 4 aliphatic carbocycles. The predicted molar refractivity (Wildman–Crippen MR) is 83.1 cm³/mol. The molecular weight excluding hydrogens is 276 g/mol. The van der Waals surface area contributed by atoms with Crippen LogP contribution in [0, 0.1) is 34.5 Å². The van der Waals surface area contributed by atoms with Crippen LogP contribution in [0.3, 0.4) is 0 Å². The van der Waals surface area contributed by atoms with Crippen LogP contribution in [-0.2, 0) is 9.59 Å². The summed E-state index contributed by atoms with van der Waals surface area (Å²) in [6, 6.07) is 0. The minimum absolute atomic E-state index is 0.185. The topological polar surface area (TPSA) is 54.4 Å². The molecule has 0 aromatic heterocycles. The molecule has 122 valence electrons. The Hall–Kier alpha value is -0.700. The molecule has 4 aliphatic rings. The van der Waals surface area contributed by atoms with Crippen LogP contribution in [0.1, 0.15) is 65.2 Å². The zero-order chi connectivity index (χ0) is 15.7. The Bertz CT molecular complexity index is 527. The van der Waals surface area contributed by atoms with Crippen molar-refractivity contribution in [1.29, 1.82) is 0 Å². The standard InChI is InChI=1S/C19H28O3/c1-18-7-5-12(20)9-11(18)10-15(21)17-13-3-4-16(22)19(13,2)8-6-14(17)18/h11,13-15,17,21H,3-10H2,1-2H3/t11-,13-,14-,15+,17-,18-,19-/m1/s1. The summed E-state index contributed by atoms with van der Waals surface area (Å²) in [4.78, 5) is 24.3. The molecule has 0 saturated heterocycles. The van der Waals surface area contributed by atoms with E-state index in [0.29, 0.717) is 48.6 Å². The van der Waals surface area contributed by atoms with Crippen molar-refractivity contribution in [2.24, 2.45) is 34.5 Å². The Balaban J connectivity index is 1.70. The fraction of sp³-hybridized carbons (Fsp3) is 0.895. The summed E-state index contributed by atoms with van der Waals surface area (Å²) in [5.41, 5.74) is 0.0145. The lowest BCUT2D eigenvalue weighted by molar-refractivity contribution is -0.166. The van der Waals surface area contributed by atoms with Gasteiger partial charge in [0.1, 0.15) is 11.6 Å². The predicted octanol–water partition coefficient (Wildman–Crippen LogP) is 3.14. The van der Waals surface area contributed by atoms with Crippen molar-refractivity contribution in [1.82, 2.24) is 0 Å². The van der Waals surface area contributed by atoms with Gasteiger partial charge in [0.15, 0.2) is 0 Å². The fourth-order valence-electron chi connectivity index (χ4n) is 6.79. The highest BCUT2D eigenvalue weighted by Gasteiger charge is 2.62. The van der Waals surface area contributed by atoms with E-state index >= 15 is 0 Å². The van der Waals surface area contributed by atoms with E-state index in [0.717, 1.165) is 32.1 Å². The molecule has 0 bridgehead atoms. The summed E-state index contributed by atoms with van der Waals surface area (Å²) >= 11 is 0. The summed E-state index contributed by atoms with van der Waals surface area (Å²) in [5.74, 6) is 2.30. The van der Waals surface area contributed by atoms with Gasteiger partial charge in [-0.1, -0.05) is 13.8 Å². The maximum atomic E-state index is 12.4. The van der Waals surface area contributed by atoms with Crippen LogP contribution in [0.2, 0.25) is 0 Å². The molecule has 0 aliphatic heterocycles. The molecule has 1 N–H and O–H groups in total. The van der Waals surface area contributed by atoms with Gasteiger partial charge >= 0.3 is 0 Å². The molecule has 0 spiro atoms. The van der Waals surface area contributed by atoms with Gasteiger partial charge in [-0.25, -0.2) is 0 Å². The minimum Gasteiger partial charge on any atom is -0.393 e. The van der Waals surface area contributed by atoms with Crippen LogP contribution in [0.4, 0.5) is 0 Å². The van der Waals surface area contributed by atoms with Gasteiger partial charge in [-0.2, -0.15) is 0 Å². The van der Waals surface area contributed by atoms with Crippen LogP contribution in [-0.4, -0.2) is 22.8 Å². The van der Waals surface area contributed by atoms with E-state index < -0.39 is 0 Å². The van der Waals surface area contributed by atoms with Crippen molar-refractivity contribution in [3.63, 3.8) is 0 Å². The van der Waals surface area contributed by atoms with Gasteiger partial charge in [-0.3, -0.25) is 9.59 Å². The smallest absolute Gasteiger partial charge is 0.139 e. The normalized spacial score (nSPS) is 54.6. The zero-order valence-electron chi connectivity index (χ0n) is 13.8. The number of aliphatic hydroxyl groups is 1. The van der Waals surface area contributed by atoms with Crippen molar-refractivity contribution in [3.05, 3.63) is 0 Å². The van der Waals surface area contributed by atoms with Crippen LogP contribution in [0.5, 0.6) is 0 Å². The molecule has 4 saturated carbocycles. The molecule has 0 aromatic carbocycles. The first-order chi connectivity index (χ1) is 10.4. The highest BCUT2D eigenvalue weighted by Crippen LogP contribution is 2.65. The molecule has 0 heterocycles. The maximum absolute atomic E-state index is 12.4. The quantitative estimate of drug-likeness (QED) is 0.748. The Labute approximate surface area is 132 Å². The van der Waals surface area contributed by atoms with Crippen molar-refractivity contribution < 1.29 is 14.7 Å². The van der Waals surface area contributed by atoms with Crippen LogP contribution in [0.25, 0.3) is 0 Å². The lowest BCUT2D eigenvalue weighted by Gasteiger charge is -2.60. The zero-order valence-corrected chi connectivity index (χ0v) is 13.8. The molecule has 4 rings (SSSR count). The number of carbonyl (C=O) groups is 2. The Kier molecular flexibility index (Phi) is 3.15. The van der Waals surface area contributed by atoms with Gasteiger partial charge in [0.05, 0.1) is 6.10 Å². The Morgan fingerprint density at radius 2 is 1.82 bits per heavy atom. The van der Waals surface area contributed by atoms with Gasteiger partial charge in [-0.05, 0) is 61.2 Å². The van der Waals surface area contributed by atoms with Gasteiger partial charge in [0.25, 0.3) is 0 Å². The molecule has 3 heteroatoms. The molecule has 4 fully saturated rings. The molecule has 7 atom stereocenters. The second-order valence-electron chi connectivity index (χ2n) is 8.96. The van der Waals surface area contributed by atoms with Gasteiger partial charge in [0, 0.05) is 24.7 Å². The van der Waals surface area contributed by atoms with Crippen molar-refractivity contribution >= 4 is 11.6 Å². The number of aliphatic hydroxyl groups excluding tert-OH is 1. The molecule has 3 nitrogen and oxygen atoms in total. The first-order valence-electron chi connectivity index (χ1n) is 9.09. The second kappa shape index (κ2) is 4.66. The van der Waals surface area contributed by atoms with E-state index in [1.165, 1.54) is 0 Å². The van der Waals surface area contributed by atoms with E-state index in [9.17, 15) is 14.7 Å². The summed E-state index contributed by atoms with van der Waals surface area (Å²) in [5, 5.41) is 10.9. The molecule has 0 aromatic rings. The number of hydrogen-bond acceptors (Lipinski definition) is 3. The van der Waals surface area contributed by atoms with E-state index in [-0.39, 0.29) is 22.9 Å². The second-order valence-corrected chi connectivity index (χ2v) is 8.96. The van der Waals surface area contributed by atoms with E-state index in [4.69, 9.17) is 0 Å². The number of ketones is 2. The van der Waals surface area contributed by atoms with Gasteiger partial charge in [-0.15, -0.1) is 0 Å². The third-order valence-electron chi connectivity index (χ3n) is 8.21. The first-order valence-corrected chi connectivity index (χ1v) is 9.09. The maximum Gasteiger partial charge on any atom is 0.139 e. The van der Waals surface area contributed by atoms with Crippen molar-refractivity contribution in [3.8, 4) is 0 Å². The van der Waals surface area contributed by atoms with Crippen LogP contribution in [0.15, 0.2) is 0 Å². The lowest BCUT2D eigenvalue weighted by atomic mass is 9.44. The Morgan fingerprint density at radius 3 is 2.59 bits per heavy atom. The number of Topliss-reactive ketones (excluding diaryl/α,β-unsaturated/α-hetero) is 2. The van der Waals surface area contributed by atoms with Crippen molar-refractivity contribution in [2.75, 3.05) is 0 Å². The van der Waals surface area contributed by atoms with Gasteiger partial charge in [0.2, 0.25) is 0 Å². The molecule has 0 unspecified atom stereocenters. The highest BCUT2D eigenvalue weighted by molar-refractivity contribution is 5.87. The first kappa shape index (κ1) is 14.9. The summed E-state index contributed by atoms with van der Waals surface area (Å²) in [6.45, 7) is 4.52.